The first-order valence-corrected chi connectivity index (χ1v) is 7.97. The van der Waals surface area contributed by atoms with Crippen molar-refractivity contribution < 1.29 is 4.79 Å². The molecule has 0 atom stereocenters. The van der Waals surface area contributed by atoms with Crippen LogP contribution in [0.2, 0.25) is 0 Å². The van der Waals surface area contributed by atoms with Crippen molar-refractivity contribution in [3.8, 4) is 11.4 Å². The van der Waals surface area contributed by atoms with Crippen molar-refractivity contribution >= 4 is 5.91 Å². The average Bonchev–Trinajstić information content (AvgIpc) is 2.88. The van der Waals surface area contributed by atoms with Crippen LogP contribution in [0.5, 0.6) is 0 Å². The number of rotatable bonds is 1. The van der Waals surface area contributed by atoms with Crippen LogP contribution in [-0.2, 0) is 18.9 Å². The van der Waals surface area contributed by atoms with E-state index in [1.807, 2.05) is 34.0 Å². The van der Waals surface area contributed by atoms with E-state index in [0.29, 0.717) is 5.69 Å². The summed E-state index contributed by atoms with van der Waals surface area (Å²) >= 11 is 0. The Morgan fingerprint density at radius 2 is 2.00 bits per heavy atom. The summed E-state index contributed by atoms with van der Waals surface area (Å²) in [5.41, 5.74) is 4.19. The molecule has 2 aromatic rings. The van der Waals surface area contributed by atoms with Gasteiger partial charge in [0, 0.05) is 25.9 Å². The summed E-state index contributed by atoms with van der Waals surface area (Å²) in [6.45, 7) is 10.1. The fraction of sp³-hybridized carbons (Fsp3) is 0.529. The summed E-state index contributed by atoms with van der Waals surface area (Å²) in [6.07, 6.45) is 2.68. The van der Waals surface area contributed by atoms with E-state index in [4.69, 9.17) is 0 Å². The highest BCUT2D eigenvalue weighted by molar-refractivity contribution is 5.96. The lowest BCUT2D eigenvalue weighted by atomic mass is 9.73. The molecule has 0 fully saturated rings. The standard InChI is InChI=1S/C15H19N5O.C2H6/c1-8-17-7-9-6-15(2,3)10-12(14(21)16-4)19-20(5)13(10)11(9)18-8;1-2/h7H,6H2,1-5H3,(H,16,21);1-2H3. The summed E-state index contributed by atoms with van der Waals surface area (Å²) in [5.74, 6) is 0.566. The maximum absolute atomic E-state index is 12.1. The van der Waals surface area contributed by atoms with Crippen LogP contribution in [0, 0.1) is 6.92 Å². The molecular formula is C17H25N5O. The zero-order valence-electron chi connectivity index (χ0n) is 15.0. The van der Waals surface area contributed by atoms with Crippen LogP contribution in [-0.4, -0.2) is 32.7 Å². The second-order valence-corrected chi connectivity index (χ2v) is 6.13. The Hall–Kier alpha value is -2.24. The van der Waals surface area contributed by atoms with Crippen molar-refractivity contribution in [1.82, 2.24) is 25.1 Å². The number of fused-ring (bicyclic) bond motifs is 3. The molecule has 124 valence electrons. The molecule has 1 N–H and O–H groups in total. The number of nitrogens with one attached hydrogen (secondary N) is 1. The molecule has 0 aliphatic heterocycles. The number of hydrogen-bond donors (Lipinski definition) is 1. The fourth-order valence-corrected chi connectivity index (χ4v) is 3.11. The topological polar surface area (TPSA) is 72.7 Å². The van der Waals surface area contributed by atoms with Gasteiger partial charge in [0.25, 0.3) is 5.91 Å². The number of hydrogen-bond acceptors (Lipinski definition) is 4. The number of amides is 1. The first-order valence-electron chi connectivity index (χ1n) is 7.97. The Labute approximate surface area is 137 Å². The highest BCUT2D eigenvalue weighted by Crippen LogP contribution is 2.43. The molecule has 2 aromatic heterocycles. The summed E-state index contributed by atoms with van der Waals surface area (Å²) in [6, 6.07) is 0. The Kier molecular flexibility index (Phi) is 4.54. The normalized spacial score (nSPS) is 14.2. The Balaban J connectivity index is 0.000000924. The minimum absolute atomic E-state index is 0.158. The van der Waals surface area contributed by atoms with Crippen molar-refractivity contribution in [2.24, 2.45) is 7.05 Å². The lowest BCUT2D eigenvalue weighted by Gasteiger charge is -2.31. The maximum Gasteiger partial charge on any atom is 0.271 e. The van der Waals surface area contributed by atoms with Crippen molar-refractivity contribution in [2.45, 2.75) is 46.5 Å². The van der Waals surface area contributed by atoms with E-state index in [-0.39, 0.29) is 11.3 Å². The van der Waals surface area contributed by atoms with Gasteiger partial charge in [-0.25, -0.2) is 9.97 Å². The fourth-order valence-electron chi connectivity index (χ4n) is 3.11. The van der Waals surface area contributed by atoms with Gasteiger partial charge in [-0.2, -0.15) is 5.10 Å². The number of carbonyl (C=O) groups excluding carboxylic acids is 1. The third kappa shape index (κ3) is 2.73. The van der Waals surface area contributed by atoms with E-state index in [1.165, 1.54) is 0 Å². The lowest BCUT2D eigenvalue weighted by molar-refractivity contribution is 0.0955. The number of nitrogens with zero attached hydrogens (tertiary/aromatic N) is 4. The molecule has 23 heavy (non-hydrogen) atoms. The van der Waals surface area contributed by atoms with Crippen LogP contribution in [0.3, 0.4) is 0 Å². The van der Waals surface area contributed by atoms with E-state index in [2.05, 4.69) is 34.2 Å². The van der Waals surface area contributed by atoms with Crippen LogP contribution < -0.4 is 5.32 Å². The molecule has 0 spiro atoms. The molecule has 0 saturated heterocycles. The minimum atomic E-state index is -0.183. The van der Waals surface area contributed by atoms with Crippen molar-refractivity contribution in [2.75, 3.05) is 7.05 Å². The van der Waals surface area contributed by atoms with E-state index >= 15 is 0 Å². The highest BCUT2D eigenvalue weighted by atomic mass is 16.1. The average molecular weight is 315 g/mol. The molecule has 0 saturated carbocycles. The quantitative estimate of drug-likeness (QED) is 0.877. The van der Waals surface area contributed by atoms with E-state index < -0.39 is 0 Å². The molecule has 3 rings (SSSR count). The zero-order chi connectivity index (χ0) is 17.4. The summed E-state index contributed by atoms with van der Waals surface area (Å²) in [5, 5.41) is 7.10. The van der Waals surface area contributed by atoms with E-state index in [0.717, 1.165) is 34.8 Å². The second-order valence-electron chi connectivity index (χ2n) is 6.13. The van der Waals surface area contributed by atoms with Crippen LogP contribution in [0.15, 0.2) is 6.20 Å². The summed E-state index contributed by atoms with van der Waals surface area (Å²) in [4.78, 5) is 21.0. The van der Waals surface area contributed by atoms with Crippen LogP contribution in [0.4, 0.5) is 0 Å². The molecule has 6 heteroatoms. The van der Waals surface area contributed by atoms with Gasteiger partial charge in [0.2, 0.25) is 0 Å². The van der Waals surface area contributed by atoms with Gasteiger partial charge in [-0.05, 0) is 24.3 Å². The third-order valence-electron chi connectivity index (χ3n) is 4.01. The van der Waals surface area contributed by atoms with Crippen molar-refractivity contribution in [1.29, 1.82) is 0 Å². The van der Waals surface area contributed by atoms with E-state index in [1.54, 1.807) is 11.7 Å². The van der Waals surface area contributed by atoms with E-state index in [9.17, 15) is 4.79 Å². The third-order valence-corrected chi connectivity index (χ3v) is 4.01. The molecule has 1 aliphatic rings. The first-order chi connectivity index (χ1) is 10.8. The molecule has 0 radical (unpaired) electrons. The minimum Gasteiger partial charge on any atom is -0.354 e. The number of carbonyl (C=O) groups is 1. The number of aryl methyl sites for hydroxylation is 2. The summed E-state index contributed by atoms with van der Waals surface area (Å²) < 4.78 is 1.76. The maximum atomic E-state index is 12.1. The molecule has 1 amide bonds. The zero-order valence-corrected chi connectivity index (χ0v) is 15.0. The SMILES string of the molecule is CC.CNC(=O)c1nn(C)c2c1C(C)(C)Cc1cnc(C)nc1-2. The predicted octanol–water partition coefficient (Wildman–Crippen LogP) is 2.41. The first kappa shape index (κ1) is 17.1. The van der Waals surface area contributed by atoms with Crippen molar-refractivity contribution in [3.63, 3.8) is 0 Å². The van der Waals surface area contributed by atoms with Crippen molar-refractivity contribution in [3.05, 3.63) is 28.8 Å². The lowest BCUT2D eigenvalue weighted by Crippen LogP contribution is -2.30. The van der Waals surface area contributed by atoms with Gasteiger partial charge in [0.05, 0.1) is 11.4 Å². The van der Waals surface area contributed by atoms with Crippen LogP contribution in [0.1, 0.15) is 55.1 Å². The molecular weight excluding hydrogens is 290 g/mol. The summed E-state index contributed by atoms with van der Waals surface area (Å²) in [7, 11) is 3.48. The number of aromatic nitrogens is 4. The van der Waals surface area contributed by atoms with Crippen LogP contribution >= 0.6 is 0 Å². The Morgan fingerprint density at radius 3 is 2.61 bits per heavy atom. The molecule has 2 heterocycles. The smallest absolute Gasteiger partial charge is 0.271 e. The largest absolute Gasteiger partial charge is 0.354 e. The van der Waals surface area contributed by atoms with Crippen LogP contribution in [0.25, 0.3) is 11.4 Å². The van der Waals surface area contributed by atoms with Gasteiger partial charge >= 0.3 is 0 Å². The van der Waals surface area contributed by atoms with Gasteiger partial charge in [-0.15, -0.1) is 0 Å². The van der Waals surface area contributed by atoms with Gasteiger partial charge in [0.1, 0.15) is 5.82 Å². The Morgan fingerprint density at radius 1 is 1.35 bits per heavy atom. The molecule has 1 aliphatic carbocycles. The molecule has 0 unspecified atom stereocenters. The van der Waals surface area contributed by atoms with Gasteiger partial charge in [-0.3, -0.25) is 9.48 Å². The molecule has 0 bridgehead atoms. The Bertz CT molecular complexity index is 746. The van der Waals surface area contributed by atoms with Gasteiger partial charge in [-0.1, -0.05) is 27.7 Å². The molecule has 6 nitrogen and oxygen atoms in total. The van der Waals surface area contributed by atoms with Gasteiger partial charge < -0.3 is 5.32 Å². The predicted molar refractivity (Wildman–Crippen MR) is 90.4 cm³/mol. The monoisotopic (exact) mass is 315 g/mol. The highest BCUT2D eigenvalue weighted by Gasteiger charge is 2.39. The molecule has 0 aromatic carbocycles. The van der Waals surface area contributed by atoms with Gasteiger partial charge in [0.15, 0.2) is 5.69 Å². The second kappa shape index (κ2) is 6.10.